The summed E-state index contributed by atoms with van der Waals surface area (Å²) in [7, 11) is 0. The first-order chi connectivity index (χ1) is 17.3. The van der Waals surface area contributed by atoms with Gasteiger partial charge in [-0.05, 0) is 55.3 Å². The van der Waals surface area contributed by atoms with Crippen LogP contribution < -0.4 is 21.1 Å². The van der Waals surface area contributed by atoms with Gasteiger partial charge >= 0.3 is 0 Å². The monoisotopic (exact) mass is 533 g/mol. The molecule has 3 aromatic carbocycles. The lowest BCUT2D eigenvalue weighted by atomic mass is 10.0. The molecule has 0 saturated carbocycles. The van der Waals surface area contributed by atoms with Gasteiger partial charge in [-0.1, -0.05) is 53.5 Å². The van der Waals surface area contributed by atoms with Gasteiger partial charge in [0, 0.05) is 12.1 Å². The lowest BCUT2D eigenvalue weighted by Crippen LogP contribution is -2.45. The summed E-state index contributed by atoms with van der Waals surface area (Å²) in [6.45, 7) is 0.790. The molecular formula is C26H26Cl2FN3O4. The maximum Gasteiger partial charge on any atom is 0.255 e. The van der Waals surface area contributed by atoms with Crippen LogP contribution >= 0.6 is 23.2 Å². The molecule has 0 heterocycles. The molecule has 7 nitrogen and oxygen atoms in total. The predicted molar refractivity (Wildman–Crippen MR) is 138 cm³/mol. The second-order valence-corrected chi connectivity index (χ2v) is 8.74. The highest BCUT2D eigenvalue weighted by Crippen LogP contribution is 2.42. The second kappa shape index (κ2) is 13.1. The Kier molecular flexibility index (Phi) is 9.93. The maximum atomic E-state index is 13.2. The summed E-state index contributed by atoms with van der Waals surface area (Å²) in [6, 6.07) is 14.5. The Bertz CT molecular complexity index is 1190. The van der Waals surface area contributed by atoms with Crippen LogP contribution in [0.1, 0.15) is 28.8 Å². The van der Waals surface area contributed by atoms with Crippen LogP contribution in [0.4, 0.5) is 10.1 Å². The molecule has 0 aromatic heterocycles. The van der Waals surface area contributed by atoms with Crippen molar-refractivity contribution in [1.29, 1.82) is 0 Å². The molecule has 1 atom stereocenters. The van der Waals surface area contributed by atoms with Crippen molar-refractivity contribution in [3.63, 3.8) is 0 Å². The van der Waals surface area contributed by atoms with Crippen LogP contribution in [0.2, 0.25) is 10.0 Å². The average Bonchev–Trinajstić information content (AvgIpc) is 2.87. The summed E-state index contributed by atoms with van der Waals surface area (Å²) < 4.78 is 18.8. The number of ether oxygens (including phenoxy) is 1. The topological polar surface area (TPSA) is 114 Å². The number of unbranched alkanes of at least 4 members (excludes halogenated alkanes) is 1. The Balaban J connectivity index is 1.81. The number of hydrogen-bond acceptors (Lipinski definition) is 5. The smallest absolute Gasteiger partial charge is 0.255 e. The van der Waals surface area contributed by atoms with Crippen molar-refractivity contribution in [2.75, 3.05) is 18.5 Å². The molecule has 0 aliphatic heterocycles. The lowest BCUT2D eigenvalue weighted by molar-refractivity contribution is -0.118. The number of phenolic OH excluding ortho intramolecular Hbond substituents is 1. The number of carbonyl (C=O) groups is 2. The first-order valence-electron chi connectivity index (χ1n) is 11.2. The molecule has 0 fully saturated rings. The van der Waals surface area contributed by atoms with Crippen LogP contribution in [0, 0.1) is 5.82 Å². The van der Waals surface area contributed by atoms with Gasteiger partial charge in [0.05, 0.1) is 17.2 Å². The van der Waals surface area contributed by atoms with Crippen LogP contribution in [0.25, 0.3) is 0 Å². The molecule has 3 rings (SSSR count). The highest BCUT2D eigenvalue weighted by atomic mass is 35.5. The third-order valence-electron chi connectivity index (χ3n) is 5.26. The molecule has 0 spiro atoms. The minimum atomic E-state index is -1.03. The van der Waals surface area contributed by atoms with Crippen LogP contribution in [-0.4, -0.2) is 36.1 Å². The average molecular weight is 534 g/mol. The van der Waals surface area contributed by atoms with Gasteiger partial charge in [0.15, 0.2) is 11.5 Å². The third kappa shape index (κ3) is 7.34. The Morgan fingerprint density at radius 1 is 1.06 bits per heavy atom. The van der Waals surface area contributed by atoms with E-state index in [1.165, 1.54) is 30.3 Å². The fourth-order valence-corrected chi connectivity index (χ4v) is 3.94. The normalized spacial score (nSPS) is 11.6. The van der Waals surface area contributed by atoms with Gasteiger partial charge in [-0.25, -0.2) is 4.39 Å². The molecule has 0 aliphatic carbocycles. The zero-order chi connectivity index (χ0) is 26.1. The van der Waals surface area contributed by atoms with E-state index >= 15 is 0 Å². The van der Waals surface area contributed by atoms with E-state index in [4.69, 9.17) is 33.7 Å². The number of benzene rings is 3. The molecule has 0 unspecified atom stereocenters. The van der Waals surface area contributed by atoms with Gasteiger partial charge in [0.2, 0.25) is 5.91 Å². The third-order valence-corrected chi connectivity index (χ3v) is 5.89. The van der Waals surface area contributed by atoms with Crippen molar-refractivity contribution in [2.45, 2.75) is 25.3 Å². The molecule has 3 aromatic rings. The van der Waals surface area contributed by atoms with E-state index in [0.29, 0.717) is 18.7 Å². The zero-order valence-electron chi connectivity index (χ0n) is 19.3. The summed E-state index contributed by atoms with van der Waals surface area (Å²) in [5.74, 6) is -2.21. The standard InChI is InChI=1S/C26H26Cl2FN3O4/c27-20-15-19(23(33)22(28)24(20)36-13-5-4-12-30)25(34)32-21(14-16-6-2-1-3-7-16)26(35)31-18-10-8-17(29)9-11-18/h1-3,6-11,15,21,33H,4-5,12-14,30H2,(H,31,35)(H,32,34)/t21-/m0/s1. The van der Waals surface area contributed by atoms with Crippen molar-refractivity contribution >= 4 is 40.7 Å². The summed E-state index contributed by atoms with van der Waals surface area (Å²) in [6.07, 6.45) is 1.56. The van der Waals surface area contributed by atoms with E-state index in [9.17, 15) is 19.1 Å². The lowest BCUT2D eigenvalue weighted by Gasteiger charge is -2.20. The Morgan fingerprint density at radius 3 is 2.42 bits per heavy atom. The summed E-state index contributed by atoms with van der Waals surface area (Å²) >= 11 is 12.5. The van der Waals surface area contributed by atoms with Gasteiger partial charge in [-0.15, -0.1) is 0 Å². The Morgan fingerprint density at radius 2 is 1.75 bits per heavy atom. The minimum absolute atomic E-state index is 0.0334. The van der Waals surface area contributed by atoms with Gasteiger partial charge in [0.1, 0.15) is 16.9 Å². The number of anilines is 1. The van der Waals surface area contributed by atoms with Crippen LogP contribution in [0.3, 0.4) is 0 Å². The minimum Gasteiger partial charge on any atom is -0.505 e. The predicted octanol–water partition coefficient (Wildman–Crippen LogP) is 4.94. The van der Waals surface area contributed by atoms with E-state index < -0.39 is 29.4 Å². The number of nitrogens with two attached hydrogens (primary N) is 1. The molecule has 0 bridgehead atoms. The largest absolute Gasteiger partial charge is 0.505 e. The highest BCUT2D eigenvalue weighted by molar-refractivity contribution is 6.39. The number of rotatable bonds is 11. The quantitative estimate of drug-likeness (QED) is 0.261. The summed E-state index contributed by atoms with van der Waals surface area (Å²) in [4.78, 5) is 26.2. The first-order valence-corrected chi connectivity index (χ1v) is 12.0. The number of amides is 2. The van der Waals surface area contributed by atoms with Gasteiger partial charge in [-0.2, -0.15) is 0 Å². The molecule has 0 radical (unpaired) electrons. The highest BCUT2D eigenvalue weighted by Gasteiger charge is 2.26. The van der Waals surface area contributed by atoms with E-state index in [1.807, 2.05) is 30.3 Å². The second-order valence-electron chi connectivity index (χ2n) is 7.95. The summed E-state index contributed by atoms with van der Waals surface area (Å²) in [5, 5.41) is 15.7. The van der Waals surface area contributed by atoms with Crippen LogP contribution in [0.5, 0.6) is 11.5 Å². The SMILES string of the molecule is NCCCCOc1c(Cl)cc(C(=O)N[C@@H](Cc2ccccc2)C(=O)Nc2ccc(F)cc2)c(O)c1Cl. The first kappa shape index (κ1) is 27.3. The van der Waals surface area contributed by atoms with Crippen molar-refractivity contribution in [3.05, 3.63) is 87.7 Å². The van der Waals surface area contributed by atoms with Crippen molar-refractivity contribution in [1.82, 2.24) is 5.32 Å². The molecule has 36 heavy (non-hydrogen) atoms. The van der Waals surface area contributed by atoms with Crippen LogP contribution in [0.15, 0.2) is 60.7 Å². The Labute approximate surface area is 218 Å². The van der Waals surface area contributed by atoms with E-state index in [-0.39, 0.29) is 34.4 Å². The fraction of sp³-hybridized carbons (Fsp3) is 0.231. The Hall–Kier alpha value is -3.33. The van der Waals surface area contributed by atoms with Gasteiger partial charge in [-0.3, -0.25) is 9.59 Å². The number of hydrogen-bond donors (Lipinski definition) is 4. The fourth-order valence-electron chi connectivity index (χ4n) is 3.37. The maximum absolute atomic E-state index is 13.2. The van der Waals surface area contributed by atoms with E-state index in [0.717, 1.165) is 12.0 Å². The molecule has 10 heteroatoms. The number of aromatic hydroxyl groups is 1. The molecule has 0 aliphatic rings. The molecule has 5 N–H and O–H groups in total. The molecule has 2 amide bonds. The van der Waals surface area contributed by atoms with Crippen molar-refractivity contribution in [3.8, 4) is 11.5 Å². The van der Waals surface area contributed by atoms with E-state index in [1.54, 1.807) is 0 Å². The zero-order valence-corrected chi connectivity index (χ0v) is 20.8. The molecule has 0 saturated heterocycles. The van der Waals surface area contributed by atoms with Crippen LogP contribution in [-0.2, 0) is 11.2 Å². The number of phenols is 1. The number of halogens is 3. The number of nitrogens with one attached hydrogen (secondary N) is 2. The number of carbonyl (C=O) groups excluding carboxylic acids is 2. The van der Waals surface area contributed by atoms with E-state index in [2.05, 4.69) is 10.6 Å². The molecular weight excluding hydrogens is 508 g/mol. The van der Waals surface area contributed by atoms with Gasteiger partial charge < -0.3 is 26.2 Å². The van der Waals surface area contributed by atoms with Crippen molar-refractivity contribution < 1.29 is 23.8 Å². The van der Waals surface area contributed by atoms with Gasteiger partial charge in [0.25, 0.3) is 5.91 Å². The van der Waals surface area contributed by atoms with Crippen molar-refractivity contribution in [2.24, 2.45) is 5.73 Å². The molecule has 190 valence electrons. The summed E-state index contributed by atoms with van der Waals surface area (Å²) in [5.41, 5.74) is 6.40.